The first-order chi connectivity index (χ1) is 9.31. The molecule has 0 radical (unpaired) electrons. The van der Waals surface area contributed by atoms with Crippen molar-refractivity contribution in [3.8, 4) is 0 Å². The molecule has 2 N–H and O–H groups in total. The van der Waals surface area contributed by atoms with E-state index >= 15 is 0 Å². The van der Waals surface area contributed by atoms with Crippen LogP contribution in [0.15, 0.2) is 30.0 Å². The summed E-state index contributed by atoms with van der Waals surface area (Å²) in [7, 11) is 0. The first-order valence-electron chi connectivity index (χ1n) is 6.15. The molecule has 0 bridgehead atoms. The summed E-state index contributed by atoms with van der Waals surface area (Å²) < 4.78 is 0. The van der Waals surface area contributed by atoms with Crippen molar-refractivity contribution in [1.82, 2.24) is 15.3 Å². The number of rotatable bonds is 6. The fourth-order valence-electron chi connectivity index (χ4n) is 1.68. The Morgan fingerprint density at radius 1 is 1.42 bits per heavy atom. The maximum absolute atomic E-state index is 12.1. The number of anilines is 1. The van der Waals surface area contributed by atoms with E-state index in [-0.39, 0.29) is 5.91 Å². The number of aromatic nitrogens is 2. The van der Waals surface area contributed by atoms with Crippen molar-refractivity contribution in [2.45, 2.75) is 13.3 Å². The third-order valence-corrected chi connectivity index (χ3v) is 3.38. The lowest BCUT2D eigenvalue weighted by molar-refractivity contribution is 0.0955. The highest BCUT2D eigenvalue weighted by atomic mass is 32.1. The summed E-state index contributed by atoms with van der Waals surface area (Å²) in [6, 6.07) is 1.72. The van der Waals surface area contributed by atoms with E-state index < -0.39 is 0 Å². The molecule has 5 nitrogen and oxygen atoms in total. The van der Waals surface area contributed by atoms with Crippen molar-refractivity contribution in [3.05, 3.63) is 40.6 Å². The van der Waals surface area contributed by atoms with Gasteiger partial charge in [0.15, 0.2) is 0 Å². The number of amides is 1. The molecular weight excluding hydrogens is 260 g/mol. The Labute approximate surface area is 116 Å². The van der Waals surface area contributed by atoms with Crippen LogP contribution in [0.1, 0.15) is 22.3 Å². The van der Waals surface area contributed by atoms with Gasteiger partial charge in [-0.1, -0.05) is 0 Å². The lowest BCUT2D eigenvalue weighted by Crippen LogP contribution is -2.26. The number of hydrogen-bond donors (Lipinski definition) is 2. The van der Waals surface area contributed by atoms with Crippen molar-refractivity contribution in [2.24, 2.45) is 0 Å². The van der Waals surface area contributed by atoms with Crippen molar-refractivity contribution in [2.75, 3.05) is 18.4 Å². The van der Waals surface area contributed by atoms with E-state index in [0.717, 1.165) is 23.7 Å². The molecule has 0 aliphatic rings. The summed E-state index contributed by atoms with van der Waals surface area (Å²) in [6.07, 6.45) is 5.81. The first-order valence-corrected chi connectivity index (χ1v) is 7.03. The van der Waals surface area contributed by atoms with E-state index in [4.69, 9.17) is 0 Å². The minimum absolute atomic E-state index is 0.0880. The molecule has 0 saturated heterocycles. The second-order valence-electron chi connectivity index (χ2n) is 3.88. The molecule has 2 aromatic rings. The van der Waals surface area contributed by atoms with Crippen LogP contribution in [-0.4, -0.2) is 29.0 Å². The maximum Gasteiger partial charge on any atom is 0.253 e. The van der Waals surface area contributed by atoms with E-state index in [1.165, 1.54) is 0 Å². The summed E-state index contributed by atoms with van der Waals surface area (Å²) in [6.45, 7) is 3.32. The predicted molar refractivity (Wildman–Crippen MR) is 76.6 cm³/mol. The quantitative estimate of drug-likeness (QED) is 0.846. The van der Waals surface area contributed by atoms with Crippen LogP contribution in [0.2, 0.25) is 0 Å². The highest BCUT2D eigenvalue weighted by Gasteiger charge is 2.10. The first kappa shape index (κ1) is 13.5. The van der Waals surface area contributed by atoms with Crippen LogP contribution in [0.3, 0.4) is 0 Å². The van der Waals surface area contributed by atoms with Gasteiger partial charge >= 0.3 is 0 Å². The number of thiazole rings is 1. The molecule has 0 fully saturated rings. The molecule has 2 rings (SSSR count). The Hall–Kier alpha value is -1.95. The van der Waals surface area contributed by atoms with Gasteiger partial charge < -0.3 is 10.6 Å². The van der Waals surface area contributed by atoms with E-state index in [2.05, 4.69) is 20.6 Å². The molecule has 0 unspecified atom stereocenters. The molecule has 0 aliphatic heterocycles. The monoisotopic (exact) mass is 276 g/mol. The SMILES string of the molecule is CCNc1cnccc1C(=O)NCCc1nccs1. The van der Waals surface area contributed by atoms with E-state index in [0.29, 0.717) is 12.1 Å². The second-order valence-corrected chi connectivity index (χ2v) is 4.86. The number of pyridine rings is 1. The van der Waals surface area contributed by atoms with Gasteiger partial charge in [0, 0.05) is 37.3 Å². The van der Waals surface area contributed by atoms with Crippen molar-refractivity contribution in [3.63, 3.8) is 0 Å². The lowest BCUT2D eigenvalue weighted by Gasteiger charge is -2.09. The molecule has 1 amide bonds. The van der Waals surface area contributed by atoms with Crippen LogP contribution < -0.4 is 10.6 Å². The second kappa shape index (κ2) is 6.84. The van der Waals surface area contributed by atoms with Gasteiger partial charge in [-0.05, 0) is 13.0 Å². The average Bonchev–Trinajstić information content (AvgIpc) is 2.93. The molecule has 0 saturated carbocycles. The van der Waals surface area contributed by atoms with Crippen molar-refractivity contribution >= 4 is 22.9 Å². The number of carbonyl (C=O) groups excluding carboxylic acids is 1. The molecule has 100 valence electrons. The molecule has 2 aromatic heterocycles. The van der Waals surface area contributed by atoms with Gasteiger partial charge in [0.1, 0.15) is 0 Å². The molecule has 0 aliphatic carbocycles. The summed E-state index contributed by atoms with van der Waals surface area (Å²) in [5.74, 6) is -0.0880. The maximum atomic E-state index is 12.1. The molecule has 0 aromatic carbocycles. The lowest BCUT2D eigenvalue weighted by atomic mass is 10.2. The van der Waals surface area contributed by atoms with E-state index in [1.807, 2.05) is 12.3 Å². The Balaban J connectivity index is 1.92. The van der Waals surface area contributed by atoms with Crippen LogP contribution >= 0.6 is 11.3 Å². The smallest absolute Gasteiger partial charge is 0.253 e. The molecule has 0 spiro atoms. The Kier molecular flexibility index (Phi) is 4.85. The zero-order valence-electron chi connectivity index (χ0n) is 10.7. The highest BCUT2D eigenvalue weighted by Crippen LogP contribution is 2.12. The van der Waals surface area contributed by atoms with E-state index in [9.17, 15) is 4.79 Å². The van der Waals surface area contributed by atoms with Crippen LogP contribution in [0, 0.1) is 0 Å². The van der Waals surface area contributed by atoms with Crippen molar-refractivity contribution < 1.29 is 4.79 Å². The molecule has 2 heterocycles. The van der Waals surface area contributed by atoms with Gasteiger partial charge in [0.05, 0.1) is 22.5 Å². The minimum atomic E-state index is -0.0880. The van der Waals surface area contributed by atoms with E-state index in [1.54, 1.807) is 36.0 Å². The molecular formula is C13H16N4OS. The van der Waals surface area contributed by atoms with Gasteiger partial charge in [0.25, 0.3) is 5.91 Å². The Morgan fingerprint density at radius 3 is 3.05 bits per heavy atom. The van der Waals surface area contributed by atoms with Gasteiger partial charge in [-0.2, -0.15) is 0 Å². The summed E-state index contributed by atoms with van der Waals surface area (Å²) in [5, 5.41) is 8.99. The fourth-order valence-corrected chi connectivity index (χ4v) is 2.30. The number of nitrogens with one attached hydrogen (secondary N) is 2. The van der Waals surface area contributed by atoms with Gasteiger partial charge in [-0.3, -0.25) is 9.78 Å². The standard InChI is InChI=1S/C13H16N4OS/c1-2-15-11-9-14-5-3-10(11)13(18)17-6-4-12-16-7-8-19-12/h3,5,7-9,15H,2,4,6H2,1H3,(H,17,18). The highest BCUT2D eigenvalue weighted by molar-refractivity contribution is 7.09. The average molecular weight is 276 g/mol. The molecule has 19 heavy (non-hydrogen) atoms. The normalized spacial score (nSPS) is 10.2. The zero-order valence-corrected chi connectivity index (χ0v) is 11.5. The van der Waals surface area contributed by atoms with Crippen LogP contribution in [0.25, 0.3) is 0 Å². The van der Waals surface area contributed by atoms with Gasteiger partial charge in [-0.25, -0.2) is 4.98 Å². The van der Waals surface area contributed by atoms with Crippen LogP contribution in [0.4, 0.5) is 5.69 Å². The third kappa shape index (κ3) is 3.75. The Morgan fingerprint density at radius 2 is 2.32 bits per heavy atom. The van der Waals surface area contributed by atoms with Gasteiger partial charge in [0.2, 0.25) is 0 Å². The summed E-state index contributed by atoms with van der Waals surface area (Å²) >= 11 is 1.60. The number of nitrogens with zero attached hydrogens (tertiary/aromatic N) is 2. The topological polar surface area (TPSA) is 66.9 Å². The summed E-state index contributed by atoms with van der Waals surface area (Å²) in [4.78, 5) is 20.3. The zero-order chi connectivity index (χ0) is 13.5. The molecule has 0 atom stereocenters. The summed E-state index contributed by atoms with van der Waals surface area (Å²) in [5.41, 5.74) is 1.38. The van der Waals surface area contributed by atoms with Crippen LogP contribution in [0.5, 0.6) is 0 Å². The van der Waals surface area contributed by atoms with Crippen LogP contribution in [-0.2, 0) is 6.42 Å². The predicted octanol–water partition coefficient (Wildman–Crippen LogP) is 1.94. The van der Waals surface area contributed by atoms with Gasteiger partial charge in [-0.15, -0.1) is 11.3 Å². The largest absolute Gasteiger partial charge is 0.383 e. The molecule has 6 heteroatoms. The minimum Gasteiger partial charge on any atom is -0.383 e. The fraction of sp³-hybridized carbons (Fsp3) is 0.308. The number of carbonyl (C=O) groups is 1. The van der Waals surface area contributed by atoms with Crippen molar-refractivity contribution in [1.29, 1.82) is 0 Å². The Bertz CT molecular complexity index is 527. The third-order valence-electron chi connectivity index (χ3n) is 2.54. The number of hydrogen-bond acceptors (Lipinski definition) is 5.